The summed E-state index contributed by atoms with van der Waals surface area (Å²) < 4.78 is 5.65. The number of aryl methyl sites for hydroxylation is 1. The summed E-state index contributed by atoms with van der Waals surface area (Å²) in [7, 11) is 0. The van der Waals surface area contributed by atoms with Crippen molar-refractivity contribution in [2.45, 2.75) is 25.8 Å². The summed E-state index contributed by atoms with van der Waals surface area (Å²) in [6, 6.07) is 7.37. The Balaban J connectivity index is 2.01. The number of nitrogens with zero attached hydrogens (tertiary/aromatic N) is 2. The van der Waals surface area contributed by atoms with Crippen molar-refractivity contribution in [3.8, 4) is 11.8 Å². The third-order valence-electron chi connectivity index (χ3n) is 3.55. The fourth-order valence-electron chi connectivity index (χ4n) is 2.03. The van der Waals surface area contributed by atoms with E-state index in [1.165, 1.54) is 11.8 Å². The van der Waals surface area contributed by atoms with E-state index in [0.29, 0.717) is 33.7 Å². The fraction of sp³-hybridized carbons (Fsp3) is 0.294. The minimum atomic E-state index is 0.463. The van der Waals surface area contributed by atoms with E-state index in [1.807, 2.05) is 20.8 Å². The molecule has 1 aromatic carbocycles. The maximum absolute atomic E-state index is 9.35. The van der Waals surface area contributed by atoms with Crippen LogP contribution in [0.15, 0.2) is 23.2 Å². The van der Waals surface area contributed by atoms with E-state index in [4.69, 9.17) is 27.9 Å². The van der Waals surface area contributed by atoms with Gasteiger partial charge in [0.2, 0.25) is 0 Å². The number of halogens is 2. The van der Waals surface area contributed by atoms with Crippen LogP contribution < -0.4 is 4.74 Å². The highest BCUT2D eigenvalue weighted by Crippen LogP contribution is 2.29. The van der Waals surface area contributed by atoms with Crippen molar-refractivity contribution < 1.29 is 4.74 Å². The molecule has 0 radical (unpaired) electrons. The molecule has 0 bridgehead atoms. The Labute approximate surface area is 150 Å². The number of thioether (sulfide) groups is 1. The highest BCUT2D eigenvalue weighted by molar-refractivity contribution is 7.99. The van der Waals surface area contributed by atoms with Crippen LogP contribution in [-0.2, 0) is 0 Å². The highest BCUT2D eigenvalue weighted by Gasteiger charge is 2.12. The van der Waals surface area contributed by atoms with Gasteiger partial charge in [0, 0.05) is 16.5 Å². The Morgan fingerprint density at radius 1 is 1.22 bits per heavy atom. The molecule has 6 heteroatoms. The van der Waals surface area contributed by atoms with Crippen LogP contribution in [0.1, 0.15) is 22.4 Å². The van der Waals surface area contributed by atoms with Crippen molar-refractivity contribution in [1.29, 1.82) is 5.26 Å². The quantitative estimate of drug-likeness (QED) is 0.527. The van der Waals surface area contributed by atoms with Gasteiger partial charge in [-0.15, -0.1) is 11.8 Å². The lowest BCUT2D eigenvalue weighted by Crippen LogP contribution is -2.03. The molecular formula is C17H16Cl2N2OS. The normalized spacial score (nSPS) is 10.4. The Hall–Kier alpha value is -1.41. The Morgan fingerprint density at radius 3 is 2.61 bits per heavy atom. The first-order valence-corrected chi connectivity index (χ1v) is 8.76. The zero-order chi connectivity index (χ0) is 17.0. The molecule has 0 aliphatic heterocycles. The van der Waals surface area contributed by atoms with Gasteiger partial charge in [0.05, 0.1) is 17.2 Å². The summed E-state index contributed by atoms with van der Waals surface area (Å²) >= 11 is 13.4. The molecule has 2 rings (SSSR count). The van der Waals surface area contributed by atoms with Crippen LogP contribution >= 0.6 is 35.0 Å². The SMILES string of the molecule is Cc1nc(SCCOc2ccc(Cl)cc2Cl)c(C#N)c(C)c1C. The summed E-state index contributed by atoms with van der Waals surface area (Å²) in [6.07, 6.45) is 0. The second-order valence-corrected chi connectivity index (χ2v) is 6.94. The average Bonchev–Trinajstić information content (AvgIpc) is 2.51. The van der Waals surface area contributed by atoms with Gasteiger partial charge >= 0.3 is 0 Å². The van der Waals surface area contributed by atoms with E-state index in [9.17, 15) is 5.26 Å². The molecule has 0 fully saturated rings. The maximum Gasteiger partial charge on any atom is 0.138 e. The van der Waals surface area contributed by atoms with Gasteiger partial charge in [-0.3, -0.25) is 0 Å². The molecule has 0 amide bonds. The van der Waals surface area contributed by atoms with E-state index in [0.717, 1.165) is 21.8 Å². The van der Waals surface area contributed by atoms with E-state index in [2.05, 4.69) is 11.1 Å². The number of aromatic nitrogens is 1. The van der Waals surface area contributed by atoms with Gasteiger partial charge < -0.3 is 4.74 Å². The van der Waals surface area contributed by atoms with Gasteiger partial charge in [0.1, 0.15) is 16.8 Å². The fourth-order valence-corrected chi connectivity index (χ4v) is 3.40. The maximum atomic E-state index is 9.35. The molecule has 23 heavy (non-hydrogen) atoms. The zero-order valence-electron chi connectivity index (χ0n) is 13.1. The van der Waals surface area contributed by atoms with Crippen LogP contribution in [-0.4, -0.2) is 17.3 Å². The molecule has 0 aliphatic rings. The number of pyridine rings is 1. The zero-order valence-corrected chi connectivity index (χ0v) is 15.4. The topological polar surface area (TPSA) is 45.9 Å². The smallest absolute Gasteiger partial charge is 0.138 e. The van der Waals surface area contributed by atoms with E-state index in [-0.39, 0.29) is 0 Å². The molecule has 0 N–H and O–H groups in total. The average molecular weight is 367 g/mol. The highest BCUT2D eigenvalue weighted by atomic mass is 35.5. The predicted octanol–water partition coefficient (Wildman–Crippen LogP) is 5.36. The number of nitriles is 1. The van der Waals surface area contributed by atoms with E-state index < -0.39 is 0 Å². The molecule has 0 spiro atoms. The number of hydrogen-bond donors (Lipinski definition) is 0. The van der Waals surface area contributed by atoms with Crippen molar-refractivity contribution in [1.82, 2.24) is 4.98 Å². The van der Waals surface area contributed by atoms with Crippen LogP contribution in [0.25, 0.3) is 0 Å². The van der Waals surface area contributed by atoms with E-state index >= 15 is 0 Å². The van der Waals surface area contributed by atoms with Crippen LogP contribution in [0.5, 0.6) is 5.75 Å². The second-order valence-electron chi connectivity index (χ2n) is 5.01. The van der Waals surface area contributed by atoms with Gasteiger partial charge in [-0.05, 0) is 50.1 Å². The third kappa shape index (κ3) is 4.32. The first-order valence-electron chi connectivity index (χ1n) is 7.02. The molecule has 0 unspecified atom stereocenters. The molecule has 0 saturated carbocycles. The Kier molecular flexibility index (Phi) is 6.17. The van der Waals surface area contributed by atoms with Crippen LogP contribution in [0.3, 0.4) is 0 Å². The minimum absolute atomic E-state index is 0.463. The monoisotopic (exact) mass is 366 g/mol. The minimum Gasteiger partial charge on any atom is -0.491 e. The summed E-state index contributed by atoms with van der Waals surface area (Å²) in [5.41, 5.74) is 3.65. The lowest BCUT2D eigenvalue weighted by Gasteiger charge is -2.12. The molecule has 0 saturated heterocycles. The first-order chi connectivity index (χ1) is 10.9. The van der Waals surface area contributed by atoms with Gasteiger partial charge in [-0.25, -0.2) is 4.98 Å². The van der Waals surface area contributed by atoms with Crippen molar-refractivity contribution in [2.24, 2.45) is 0 Å². The summed E-state index contributed by atoms with van der Waals surface area (Å²) in [6.45, 7) is 6.36. The van der Waals surface area contributed by atoms with Gasteiger partial charge in [0.15, 0.2) is 0 Å². The Bertz CT molecular complexity index is 772. The number of benzene rings is 1. The van der Waals surface area contributed by atoms with Crippen LogP contribution in [0.2, 0.25) is 10.0 Å². The largest absolute Gasteiger partial charge is 0.491 e. The molecular weight excluding hydrogens is 351 g/mol. The number of ether oxygens (including phenoxy) is 1. The van der Waals surface area contributed by atoms with Gasteiger partial charge in [-0.2, -0.15) is 5.26 Å². The molecule has 1 aromatic heterocycles. The lowest BCUT2D eigenvalue weighted by atomic mass is 10.1. The van der Waals surface area contributed by atoms with Crippen molar-refractivity contribution in [3.63, 3.8) is 0 Å². The Morgan fingerprint density at radius 2 is 1.96 bits per heavy atom. The molecule has 3 nitrogen and oxygen atoms in total. The summed E-state index contributed by atoms with van der Waals surface area (Å²) in [5, 5.41) is 11.2. The number of rotatable bonds is 5. The predicted molar refractivity (Wildman–Crippen MR) is 95.8 cm³/mol. The second kappa shape index (κ2) is 7.92. The molecule has 0 aliphatic carbocycles. The van der Waals surface area contributed by atoms with Crippen molar-refractivity contribution in [3.05, 3.63) is 50.6 Å². The molecule has 1 heterocycles. The standard InChI is InChI=1S/C17H16Cl2N2OS/c1-10-11(2)14(9-20)17(21-12(10)3)23-7-6-22-16-5-4-13(18)8-15(16)19/h4-5,8H,6-7H2,1-3H3. The third-order valence-corrected chi connectivity index (χ3v) is 5.02. The first kappa shape index (κ1) is 17.9. The lowest BCUT2D eigenvalue weighted by molar-refractivity contribution is 0.344. The molecule has 0 atom stereocenters. The number of hydrogen-bond acceptors (Lipinski definition) is 4. The summed E-state index contributed by atoms with van der Waals surface area (Å²) in [4.78, 5) is 4.52. The van der Waals surface area contributed by atoms with Crippen molar-refractivity contribution >= 4 is 35.0 Å². The van der Waals surface area contributed by atoms with Crippen LogP contribution in [0, 0.1) is 32.1 Å². The van der Waals surface area contributed by atoms with Gasteiger partial charge in [-0.1, -0.05) is 23.2 Å². The van der Waals surface area contributed by atoms with Gasteiger partial charge in [0.25, 0.3) is 0 Å². The van der Waals surface area contributed by atoms with E-state index in [1.54, 1.807) is 18.2 Å². The molecule has 120 valence electrons. The van der Waals surface area contributed by atoms with Crippen LogP contribution in [0.4, 0.5) is 0 Å². The summed E-state index contributed by atoms with van der Waals surface area (Å²) in [5.74, 6) is 1.27. The molecule has 2 aromatic rings. The van der Waals surface area contributed by atoms with Crippen molar-refractivity contribution in [2.75, 3.05) is 12.4 Å².